The molecule has 1 aliphatic carbocycles. The summed E-state index contributed by atoms with van der Waals surface area (Å²) in [6.07, 6.45) is 6.28. The van der Waals surface area contributed by atoms with Gasteiger partial charge in [0.15, 0.2) is 0 Å². The maximum atomic E-state index is 12.5. The molecule has 4 rings (SSSR count). The molecule has 3 aliphatic rings. The van der Waals surface area contributed by atoms with Gasteiger partial charge in [0.1, 0.15) is 0 Å². The van der Waals surface area contributed by atoms with E-state index in [4.69, 9.17) is 0 Å². The lowest BCUT2D eigenvalue weighted by molar-refractivity contribution is -0.140. The van der Waals surface area contributed by atoms with Gasteiger partial charge in [-0.15, -0.1) is 11.3 Å². The highest BCUT2D eigenvalue weighted by Gasteiger charge is 2.47. The van der Waals surface area contributed by atoms with Crippen LogP contribution in [-0.4, -0.2) is 53.7 Å². The maximum absolute atomic E-state index is 12.5. The highest BCUT2D eigenvalue weighted by molar-refractivity contribution is 7.10. The molecule has 3 amide bonds. The fourth-order valence-electron chi connectivity index (χ4n) is 4.91. The summed E-state index contributed by atoms with van der Waals surface area (Å²) in [5.74, 6) is -0.478. The molecule has 28 heavy (non-hydrogen) atoms. The number of amides is 3. The smallest absolute Gasteiger partial charge is 0.233 e. The Balaban J connectivity index is 1.29. The molecule has 2 aliphatic heterocycles. The zero-order valence-corrected chi connectivity index (χ0v) is 17.1. The molecule has 152 valence electrons. The molecule has 3 heterocycles. The molecule has 1 saturated carbocycles. The number of likely N-dealkylation sites (tertiary alicyclic amines) is 2. The zero-order chi connectivity index (χ0) is 19.5. The molecule has 2 saturated heterocycles. The first-order valence-corrected chi connectivity index (χ1v) is 11.4. The summed E-state index contributed by atoms with van der Waals surface area (Å²) < 4.78 is 0. The Hall–Kier alpha value is -1.73. The van der Waals surface area contributed by atoms with Crippen LogP contribution in [0, 0.1) is 11.8 Å². The molecule has 3 atom stereocenters. The van der Waals surface area contributed by atoms with Gasteiger partial charge in [-0.2, -0.15) is 0 Å². The Labute approximate surface area is 170 Å². The lowest BCUT2D eigenvalue weighted by Crippen LogP contribution is -2.39. The van der Waals surface area contributed by atoms with Crippen LogP contribution in [0.2, 0.25) is 0 Å². The average Bonchev–Trinajstić information content (AvgIpc) is 3.45. The fourth-order valence-corrected chi connectivity index (χ4v) is 5.77. The van der Waals surface area contributed by atoms with E-state index in [0.29, 0.717) is 6.54 Å². The van der Waals surface area contributed by atoms with Gasteiger partial charge in [0.05, 0.1) is 17.9 Å². The first-order chi connectivity index (χ1) is 13.6. The van der Waals surface area contributed by atoms with Gasteiger partial charge >= 0.3 is 0 Å². The predicted octanol–water partition coefficient (Wildman–Crippen LogP) is 2.57. The molecule has 1 N–H and O–H groups in total. The van der Waals surface area contributed by atoms with Gasteiger partial charge in [-0.1, -0.05) is 18.9 Å². The average molecular weight is 404 g/mol. The van der Waals surface area contributed by atoms with Crippen LogP contribution in [0.5, 0.6) is 0 Å². The van der Waals surface area contributed by atoms with Gasteiger partial charge in [0.2, 0.25) is 17.7 Å². The fraction of sp³-hybridized carbons (Fsp3) is 0.667. The minimum atomic E-state index is -0.136. The number of carbonyl (C=O) groups excluding carboxylic acids is 3. The minimum absolute atomic E-state index is 0.0592. The number of thiophene rings is 1. The second kappa shape index (κ2) is 8.74. The standard InChI is InChI=1S/C21H29N3O3S/c25-19(9-12-24-20(26)15-6-1-2-7-16(15)21(24)27)22-14-17(18-8-5-13-28-18)23-10-3-4-11-23/h5,8,13,15-17H,1-4,6-7,9-12,14H2,(H,22,25). The van der Waals surface area contributed by atoms with Gasteiger partial charge in [0, 0.05) is 24.4 Å². The van der Waals surface area contributed by atoms with Crippen molar-refractivity contribution in [1.29, 1.82) is 0 Å². The van der Waals surface area contributed by atoms with Gasteiger partial charge in [0.25, 0.3) is 0 Å². The topological polar surface area (TPSA) is 69.7 Å². The van der Waals surface area contributed by atoms with Gasteiger partial charge < -0.3 is 5.32 Å². The Bertz CT molecular complexity index is 690. The Morgan fingerprint density at radius 2 is 1.79 bits per heavy atom. The van der Waals surface area contributed by atoms with Crippen molar-refractivity contribution in [2.45, 2.75) is 51.0 Å². The third kappa shape index (κ3) is 4.01. The number of hydrogen-bond donors (Lipinski definition) is 1. The highest BCUT2D eigenvalue weighted by atomic mass is 32.1. The summed E-state index contributed by atoms with van der Waals surface area (Å²) in [4.78, 5) is 42.5. The van der Waals surface area contributed by atoms with E-state index in [-0.39, 0.29) is 48.6 Å². The number of nitrogens with one attached hydrogen (secondary N) is 1. The molecule has 7 heteroatoms. The van der Waals surface area contributed by atoms with E-state index < -0.39 is 0 Å². The summed E-state index contributed by atoms with van der Waals surface area (Å²) in [6, 6.07) is 4.39. The van der Waals surface area contributed by atoms with E-state index in [1.165, 1.54) is 22.6 Å². The summed E-state index contributed by atoms with van der Waals surface area (Å²) in [7, 11) is 0. The van der Waals surface area contributed by atoms with Crippen LogP contribution in [0.3, 0.4) is 0 Å². The van der Waals surface area contributed by atoms with E-state index >= 15 is 0 Å². The molecule has 3 unspecified atom stereocenters. The van der Waals surface area contributed by atoms with Crippen molar-refractivity contribution >= 4 is 29.1 Å². The number of fused-ring (bicyclic) bond motifs is 1. The third-order valence-electron chi connectivity index (χ3n) is 6.44. The quantitative estimate of drug-likeness (QED) is 0.711. The van der Waals surface area contributed by atoms with Crippen LogP contribution >= 0.6 is 11.3 Å². The molecule has 0 radical (unpaired) electrons. The van der Waals surface area contributed by atoms with E-state index in [0.717, 1.165) is 38.8 Å². The monoisotopic (exact) mass is 403 g/mol. The molecular weight excluding hydrogens is 374 g/mol. The predicted molar refractivity (Wildman–Crippen MR) is 108 cm³/mol. The molecule has 1 aromatic heterocycles. The van der Waals surface area contributed by atoms with Gasteiger partial charge in [-0.05, 0) is 50.2 Å². The Morgan fingerprint density at radius 1 is 1.11 bits per heavy atom. The minimum Gasteiger partial charge on any atom is -0.354 e. The summed E-state index contributed by atoms with van der Waals surface area (Å²) in [5.41, 5.74) is 0. The first-order valence-electron chi connectivity index (χ1n) is 10.5. The number of nitrogens with zero attached hydrogens (tertiary/aromatic N) is 2. The van der Waals surface area contributed by atoms with Crippen LogP contribution in [0.4, 0.5) is 0 Å². The molecule has 3 fully saturated rings. The van der Waals surface area contributed by atoms with Crippen molar-refractivity contribution in [2.24, 2.45) is 11.8 Å². The van der Waals surface area contributed by atoms with Crippen molar-refractivity contribution in [2.75, 3.05) is 26.2 Å². The second-order valence-corrected chi connectivity index (χ2v) is 9.13. The lowest BCUT2D eigenvalue weighted by atomic mass is 9.81. The normalized spacial score (nSPS) is 26.5. The zero-order valence-electron chi connectivity index (χ0n) is 16.3. The van der Waals surface area contributed by atoms with Crippen molar-refractivity contribution in [1.82, 2.24) is 15.1 Å². The SMILES string of the molecule is O=C(CCN1C(=O)C2CCCCC2C1=O)NCC(c1cccs1)N1CCCC1. The Morgan fingerprint density at radius 3 is 2.39 bits per heavy atom. The number of rotatable bonds is 7. The van der Waals surface area contributed by atoms with E-state index in [9.17, 15) is 14.4 Å². The molecule has 0 spiro atoms. The Kier molecular flexibility index (Phi) is 6.11. The summed E-state index contributed by atoms with van der Waals surface area (Å²) in [5, 5.41) is 5.11. The molecule has 6 nitrogen and oxygen atoms in total. The third-order valence-corrected chi connectivity index (χ3v) is 7.41. The number of carbonyl (C=O) groups is 3. The second-order valence-electron chi connectivity index (χ2n) is 8.15. The van der Waals surface area contributed by atoms with Crippen molar-refractivity contribution in [3.63, 3.8) is 0 Å². The van der Waals surface area contributed by atoms with Crippen LogP contribution < -0.4 is 5.32 Å². The van der Waals surface area contributed by atoms with E-state index in [1.54, 1.807) is 11.3 Å². The van der Waals surface area contributed by atoms with Gasteiger partial charge in [-0.3, -0.25) is 24.2 Å². The van der Waals surface area contributed by atoms with E-state index in [1.807, 2.05) is 0 Å². The summed E-state index contributed by atoms with van der Waals surface area (Å²) in [6.45, 7) is 2.92. The van der Waals surface area contributed by atoms with Crippen molar-refractivity contribution in [3.05, 3.63) is 22.4 Å². The van der Waals surface area contributed by atoms with Crippen LogP contribution in [0.25, 0.3) is 0 Å². The maximum Gasteiger partial charge on any atom is 0.233 e. The highest BCUT2D eigenvalue weighted by Crippen LogP contribution is 2.38. The summed E-state index contributed by atoms with van der Waals surface area (Å²) >= 11 is 1.72. The van der Waals surface area contributed by atoms with Crippen LogP contribution in [-0.2, 0) is 14.4 Å². The van der Waals surface area contributed by atoms with Gasteiger partial charge in [-0.25, -0.2) is 0 Å². The molecule has 0 aromatic carbocycles. The molecule has 0 bridgehead atoms. The van der Waals surface area contributed by atoms with Crippen LogP contribution in [0.1, 0.15) is 55.9 Å². The molecular formula is C21H29N3O3S. The first kappa shape index (κ1) is 19.6. The lowest BCUT2D eigenvalue weighted by Gasteiger charge is -2.27. The largest absolute Gasteiger partial charge is 0.354 e. The van der Waals surface area contributed by atoms with Crippen molar-refractivity contribution < 1.29 is 14.4 Å². The number of hydrogen-bond acceptors (Lipinski definition) is 5. The van der Waals surface area contributed by atoms with Crippen molar-refractivity contribution in [3.8, 4) is 0 Å². The van der Waals surface area contributed by atoms with E-state index in [2.05, 4.69) is 27.7 Å². The molecule has 1 aromatic rings. The number of imide groups is 1. The van der Waals surface area contributed by atoms with Crippen LogP contribution in [0.15, 0.2) is 17.5 Å².